The number of rotatable bonds is 17. The molecule has 0 radical (unpaired) electrons. The van der Waals surface area contributed by atoms with Crippen LogP contribution in [0.5, 0.6) is 0 Å². The topological polar surface area (TPSA) is 290 Å². The van der Waals surface area contributed by atoms with Crippen molar-refractivity contribution >= 4 is 52.4 Å². The van der Waals surface area contributed by atoms with E-state index in [1.165, 1.54) is 0 Å². The summed E-state index contributed by atoms with van der Waals surface area (Å²) in [6, 6.07) is 1.38. The van der Waals surface area contributed by atoms with Gasteiger partial charge in [-0.3, -0.25) is 28.8 Å². The zero-order valence-corrected chi connectivity index (χ0v) is 21.9. The van der Waals surface area contributed by atoms with Crippen LogP contribution in [-0.4, -0.2) is 80.8 Å². The molecule has 0 spiro atoms. The van der Waals surface area contributed by atoms with Crippen LogP contribution in [-0.2, 0) is 40.0 Å². The van der Waals surface area contributed by atoms with Crippen LogP contribution in [0, 0.1) is 0 Å². The average Bonchev–Trinajstić information content (AvgIpc) is 3.30. The fourth-order valence-corrected chi connectivity index (χ4v) is 3.94. The van der Waals surface area contributed by atoms with E-state index in [1.54, 1.807) is 6.20 Å². The van der Waals surface area contributed by atoms with Crippen LogP contribution < -0.4 is 33.2 Å². The Hall–Kier alpha value is -4.99. The number of amides is 5. The average molecular weight is 576 g/mol. The Morgan fingerprint density at radius 3 is 1.90 bits per heavy atom. The van der Waals surface area contributed by atoms with Crippen molar-refractivity contribution in [3.63, 3.8) is 0 Å². The first-order chi connectivity index (χ1) is 19.3. The number of aromatic amines is 1. The molecule has 1 aromatic heterocycles. The number of nitrogens with two attached hydrogens (primary N) is 3. The molecule has 5 amide bonds. The lowest BCUT2D eigenvalue weighted by molar-refractivity contribution is -0.143. The summed E-state index contributed by atoms with van der Waals surface area (Å²) in [5, 5.41) is 26.0. The number of carbonyl (C=O) groups is 7. The van der Waals surface area contributed by atoms with Crippen LogP contribution >= 0.6 is 0 Å². The van der Waals surface area contributed by atoms with Gasteiger partial charge in [0.1, 0.15) is 18.1 Å². The summed E-state index contributed by atoms with van der Waals surface area (Å²) < 4.78 is 0. The lowest BCUT2D eigenvalue weighted by Crippen LogP contribution is -2.57. The number of fused-ring (bicyclic) bond motifs is 1. The van der Waals surface area contributed by atoms with E-state index in [4.69, 9.17) is 17.2 Å². The molecule has 2 rings (SSSR count). The molecule has 41 heavy (non-hydrogen) atoms. The summed E-state index contributed by atoms with van der Waals surface area (Å²) in [5.41, 5.74) is 17.8. The molecule has 4 atom stereocenters. The van der Waals surface area contributed by atoms with Crippen molar-refractivity contribution < 1.29 is 43.8 Å². The Labute approximate surface area is 233 Å². The van der Waals surface area contributed by atoms with E-state index >= 15 is 0 Å². The van der Waals surface area contributed by atoms with E-state index in [9.17, 15) is 43.8 Å². The van der Waals surface area contributed by atoms with Gasteiger partial charge in [0.2, 0.25) is 29.5 Å². The molecular weight excluding hydrogens is 542 g/mol. The summed E-state index contributed by atoms with van der Waals surface area (Å²) in [6.45, 7) is 0. The second-order valence-electron chi connectivity index (χ2n) is 9.30. The molecule has 16 heteroatoms. The Balaban J connectivity index is 2.16. The van der Waals surface area contributed by atoms with Crippen LogP contribution in [0.15, 0.2) is 30.5 Å². The standard InChI is InChI=1S/C25H33N7O9/c26-14(9-12-11-29-15-4-2-1-3-13(12)15)22(37)30-16(5-7-19(27)33)23(38)32-18(10-21(35)36)24(39)31-17(25(40)41)6-8-20(28)34/h1-4,11,14,16-18,29H,5-10,26H2,(H2,27,33)(H2,28,34)(H,30,37)(H,31,39)(H,32,38)(H,35,36)(H,40,41). The zero-order valence-electron chi connectivity index (χ0n) is 21.9. The minimum atomic E-state index is -1.77. The van der Waals surface area contributed by atoms with Gasteiger partial charge in [-0.1, -0.05) is 18.2 Å². The Kier molecular flexibility index (Phi) is 11.8. The first kappa shape index (κ1) is 32.2. The van der Waals surface area contributed by atoms with Gasteiger partial charge in [-0.15, -0.1) is 0 Å². The van der Waals surface area contributed by atoms with Crippen molar-refractivity contribution in [2.45, 2.75) is 62.7 Å². The highest BCUT2D eigenvalue weighted by Crippen LogP contribution is 2.19. The third-order valence-electron chi connectivity index (χ3n) is 6.07. The third-order valence-corrected chi connectivity index (χ3v) is 6.07. The van der Waals surface area contributed by atoms with E-state index in [0.717, 1.165) is 16.5 Å². The molecule has 0 saturated carbocycles. The van der Waals surface area contributed by atoms with E-state index in [-0.39, 0.29) is 32.1 Å². The predicted octanol–water partition coefficient (Wildman–Crippen LogP) is -2.42. The summed E-state index contributed by atoms with van der Waals surface area (Å²) >= 11 is 0. The number of H-pyrrole nitrogens is 1. The van der Waals surface area contributed by atoms with Gasteiger partial charge in [0.05, 0.1) is 12.5 Å². The van der Waals surface area contributed by atoms with Crippen molar-refractivity contribution in [3.05, 3.63) is 36.0 Å². The SMILES string of the molecule is NC(=O)CCC(NC(=O)C(CC(=O)O)NC(=O)C(CCC(N)=O)NC(=O)C(N)Cc1c[nH]c2ccccc12)C(=O)O. The first-order valence-corrected chi connectivity index (χ1v) is 12.5. The van der Waals surface area contributed by atoms with Crippen molar-refractivity contribution in [1.29, 1.82) is 0 Å². The second kappa shape index (κ2) is 15.0. The largest absolute Gasteiger partial charge is 0.481 e. The number of nitrogens with one attached hydrogen (secondary N) is 4. The number of para-hydroxylation sites is 1. The van der Waals surface area contributed by atoms with Crippen molar-refractivity contribution in [2.24, 2.45) is 17.2 Å². The number of carboxylic acid groups (broad SMARTS) is 2. The van der Waals surface area contributed by atoms with Gasteiger partial charge >= 0.3 is 11.9 Å². The molecule has 2 aromatic rings. The normalized spacial score (nSPS) is 13.8. The van der Waals surface area contributed by atoms with Crippen molar-refractivity contribution in [3.8, 4) is 0 Å². The molecule has 1 aromatic carbocycles. The van der Waals surface area contributed by atoms with Crippen molar-refractivity contribution in [1.82, 2.24) is 20.9 Å². The maximum Gasteiger partial charge on any atom is 0.326 e. The lowest BCUT2D eigenvalue weighted by atomic mass is 10.0. The molecule has 12 N–H and O–H groups in total. The van der Waals surface area contributed by atoms with Crippen molar-refractivity contribution in [2.75, 3.05) is 0 Å². The van der Waals surface area contributed by atoms with E-state index in [2.05, 4.69) is 20.9 Å². The van der Waals surface area contributed by atoms with Gasteiger partial charge in [-0.2, -0.15) is 0 Å². The highest BCUT2D eigenvalue weighted by Gasteiger charge is 2.32. The molecule has 0 aliphatic heterocycles. The number of aromatic nitrogens is 1. The lowest BCUT2D eigenvalue weighted by Gasteiger charge is -2.24. The number of hydrogen-bond acceptors (Lipinski definition) is 8. The predicted molar refractivity (Wildman–Crippen MR) is 143 cm³/mol. The number of benzene rings is 1. The number of hydrogen-bond donors (Lipinski definition) is 9. The first-order valence-electron chi connectivity index (χ1n) is 12.5. The third kappa shape index (κ3) is 10.2. The summed E-state index contributed by atoms with van der Waals surface area (Å²) in [5.74, 6) is -7.62. The van der Waals surface area contributed by atoms with Gasteiger partial charge < -0.3 is 48.3 Å². The molecule has 0 bridgehead atoms. The molecule has 0 aliphatic rings. The highest BCUT2D eigenvalue weighted by atomic mass is 16.4. The maximum absolute atomic E-state index is 13.1. The van der Waals surface area contributed by atoms with Gasteiger partial charge in [0.15, 0.2) is 0 Å². The number of carbonyl (C=O) groups excluding carboxylic acids is 5. The van der Waals surface area contributed by atoms with E-state index in [1.807, 2.05) is 24.3 Å². The molecule has 1 heterocycles. The Morgan fingerprint density at radius 1 is 0.780 bits per heavy atom. The Morgan fingerprint density at radius 2 is 1.32 bits per heavy atom. The summed E-state index contributed by atoms with van der Waals surface area (Å²) in [4.78, 5) is 87.0. The van der Waals surface area contributed by atoms with E-state index < -0.39 is 72.1 Å². The van der Waals surface area contributed by atoms with Crippen LogP contribution in [0.3, 0.4) is 0 Å². The van der Waals surface area contributed by atoms with Crippen LogP contribution in [0.25, 0.3) is 10.9 Å². The second-order valence-corrected chi connectivity index (χ2v) is 9.30. The molecular formula is C25H33N7O9. The molecule has 0 fully saturated rings. The molecule has 4 unspecified atom stereocenters. The summed E-state index contributed by atoms with van der Waals surface area (Å²) in [7, 11) is 0. The monoisotopic (exact) mass is 575 g/mol. The Bertz CT molecular complexity index is 1310. The molecule has 16 nitrogen and oxygen atoms in total. The quantitative estimate of drug-likeness (QED) is 0.0961. The van der Waals surface area contributed by atoms with Gasteiger partial charge in [0, 0.05) is 29.9 Å². The maximum atomic E-state index is 13.1. The van der Waals surface area contributed by atoms with E-state index in [0.29, 0.717) is 0 Å². The zero-order chi connectivity index (χ0) is 30.7. The minimum Gasteiger partial charge on any atom is -0.481 e. The minimum absolute atomic E-state index is 0.0892. The van der Waals surface area contributed by atoms with Crippen LogP contribution in [0.4, 0.5) is 0 Å². The molecule has 222 valence electrons. The van der Waals surface area contributed by atoms with Gasteiger partial charge in [-0.25, -0.2) is 4.79 Å². The number of aliphatic carboxylic acids is 2. The fourth-order valence-electron chi connectivity index (χ4n) is 3.94. The smallest absolute Gasteiger partial charge is 0.326 e. The van der Waals surface area contributed by atoms with Gasteiger partial charge in [0.25, 0.3) is 0 Å². The fraction of sp³-hybridized carbons (Fsp3) is 0.400. The number of primary amides is 2. The number of carboxylic acids is 2. The molecule has 0 aliphatic carbocycles. The summed E-state index contributed by atoms with van der Waals surface area (Å²) in [6.07, 6.45) is -0.576. The molecule has 0 saturated heterocycles. The highest BCUT2D eigenvalue weighted by molar-refractivity contribution is 5.96. The van der Waals surface area contributed by atoms with Gasteiger partial charge in [-0.05, 0) is 30.9 Å². The van der Waals surface area contributed by atoms with Crippen LogP contribution in [0.2, 0.25) is 0 Å². The van der Waals surface area contributed by atoms with Crippen LogP contribution in [0.1, 0.15) is 37.7 Å².